The van der Waals surface area contributed by atoms with Crippen LogP contribution in [0.3, 0.4) is 0 Å². The topological polar surface area (TPSA) is 62.3 Å². The number of nitrogens with zero attached hydrogens (tertiary/aromatic N) is 2. The molecule has 1 atom stereocenters. The number of anilines is 1. The van der Waals surface area contributed by atoms with Gasteiger partial charge in [-0.25, -0.2) is 26.9 Å². The zero-order chi connectivity index (χ0) is 16.4. The Hall–Kier alpha value is -1.58. The zero-order valence-electron chi connectivity index (χ0n) is 12.1. The Morgan fingerprint density at radius 1 is 1.30 bits per heavy atom. The summed E-state index contributed by atoms with van der Waals surface area (Å²) in [7, 11) is -3.67. The molecule has 1 saturated heterocycles. The summed E-state index contributed by atoms with van der Waals surface area (Å²) in [4.78, 5) is 6.21. The quantitative estimate of drug-likeness (QED) is 0.888. The fourth-order valence-corrected chi connectivity index (χ4v) is 4.68. The van der Waals surface area contributed by atoms with Crippen molar-refractivity contribution in [2.24, 2.45) is 0 Å². The van der Waals surface area contributed by atoms with E-state index < -0.39 is 27.4 Å². The van der Waals surface area contributed by atoms with E-state index in [1.807, 2.05) is 10.3 Å². The van der Waals surface area contributed by atoms with Crippen LogP contribution in [0.1, 0.15) is 12.0 Å². The van der Waals surface area contributed by atoms with Gasteiger partial charge in [-0.1, -0.05) is 0 Å². The lowest BCUT2D eigenvalue weighted by Crippen LogP contribution is -2.37. The van der Waals surface area contributed by atoms with Gasteiger partial charge in [-0.05, 0) is 24.1 Å². The van der Waals surface area contributed by atoms with Crippen molar-refractivity contribution >= 4 is 26.5 Å². The molecule has 2 aromatic rings. The lowest BCUT2D eigenvalue weighted by atomic mass is 10.2. The molecule has 1 fully saturated rings. The van der Waals surface area contributed by atoms with Gasteiger partial charge in [0.1, 0.15) is 11.6 Å². The van der Waals surface area contributed by atoms with Crippen LogP contribution in [-0.2, 0) is 15.8 Å². The van der Waals surface area contributed by atoms with Crippen molar-refractivity contribution in [2.45, 2.75) is 18.2 Å². The van der Waals surface area contributed by atoms with Crippen molar-refractivity contribution in [1.29, 1.82) is 0 Å². The van der Waals surface area contributed by atoms with Gasteiger partial charge >= 0.3 is 0 Å². The molecule has 1 unspecified atom stereocenters. The van der Waals surface area contributed by atoms with Gasteiger partial charge in [0.25, 0.3) is 0 Å². The Labute approximate surface area is 137 Å². The van der Waals surface area contributed by atoms with Crippen molar-refractivity contribution in [3.63, 3.8) is 0 Å². The molecule has 2 heterocycles. The molecule has 0 bridgehead atoms. The highest BCUT2D eigenvalue weighted by Gasteiger charge is 2.27. The first-order valence-corrected chi connectivity index (χ1v) is 9.54. The summed E-state index contributed by atoms with van der Waals surface area (Å²) in [6, 6.07) is 2.53. The van der Waals surface area contributed by atoms with Crippen LogP contribution in [0, 0.1) is 11.6 Å². The van der Waals surface area contributed by atoms with E-state index in [9.17, 15) is 17.2 Å². The third-order valence-electron chi connectivity index (χ3n) is 3.50. The van der Waals surface area contributed by atoms with Gasteiger partial charge in [0, 0.05) is 36.8 Å². The Bertz CT molecular complexity index is 761. The average molecular weight is 359 g/mol. The Balaban J connectivity index is 1.63. The maximum absolute atomic E-state index is 13.1. The fourth-order valence-electron chi connectivity index (χ4n) is 2.61. The van der Waals surface area contributed by atoms with E-state index in [4.69, 9.17) is 0 Å². The molecule has 0 saturated carbocycles. The summed E-state index contributed by atoms with van der Waals surface area (Å²) >= 11 is 1.50. The normalized spacial score (nSPS) is 18.5. The van der Waals surface area contributed by atoms with Crippen molar-refractivity contribution in [2.75, 3.05) is 18.0 Å². The first-order chi connectivity index (χ1) is 10.9. The summed E-state index contributed by atoms with van der Waals surface area (Å²) in [5, 5.41) is 2.73. The molecule has 1 N–H and O–H groups in total. The molecule has 0 amide bonds. The molecule has 23 heavy (non-hydrogen) atoms. The largest absolute Gasteiger partial charge is 0.346 e. The van der Waals surface area contributed by atoms with Crippen molar-refractivity contribution < 1.29 is 17.2 Å². The number of halogens is 2. The van der Waals surface area contributed by atoms with Crippen molar-refractivity contribution in [3.8, 4) is 0 Å². The standard InChI is InChI=1S/C14H15F2N3O2S2/c15-11-5-10(6-12(16)7-11)9-23(20,21)18-13-1-3-19(8-13)14-17-2-4-22-14/h2,4-7,13,18H,1,3,8-9H2. The van der Waals surface area contributed by atoms with E-state index in [1.54, 1.807) is 6.20 Å². The monoisotopic (exact) mass is 359 g/mol. The SMILES string of the molecule is O=S(=O)(Cc1cc(F)cc(F)c1)NC1CCN(c2nccs2)C1. The third-order valence-corrected chi connectivity index (χ3v) is 5.74. The van der Waals surface area contributed by atoms with E-state index in [0.29, 0.717) is 19.0 Å². The minimum atomic E-state index is -3.67. The van der Waals surface area contributed by atoms with E-state index in [-0.39, 0.29) is 11.6 Å². The minimum Gasteiger partial charge on any atom is -0.346 e. The van der Waals surface area contributed by atoms with Gasteiger partial charge < -0.3 is 4.90 Å². The Morgan fingerprint density at radius 2 is 2.04 bits per heavy atom. The number of hydrogen-bond acceptors (Lipinski definition) is 5. The molecule has 0 spiro atoms. The highest BCUT2D eigenvalue weighted by molar-refractivity contribution is 7.88. The molecule has 1 aromatic heterocycles. The van der Waals surface area contributed by atoms with Crippen LogP contribution < -0.4 is 9.62 Å². The van der Waals surface area contributed by atoms with Gasteiger partial charge in [0.15, 0.2) is 5.13 Å². The van der Waals surface area contributed by atoms with E-state index in [0.717, 1.165) is 23.8 Å². The zero-order valence-corrected chi connectivity index (χ0v) is 13.7. The molecule has 0 aliphatic carbocycles. The van der Waals surface area contributed by atoms with Crippen LogP contribution in [0.4, 0.5) is 13.9 Å². The van der Waals surface area contributed by atoms with Crippen LogP contribution in [0.2, 0.25) is 0 Å². The number of aromatic nitrogens is 1. The van der Waals surface area contributed by atoms with Crippen LogP contribution in [0.15, 0.2) is 29.8 Å². The van der Waals surface area contributed by atoms with Crippen LogP contribution >= 0.6 is 11.3 Å². The Morgan fingerprint density at radius 3 is 2.70 bits per heavy atom. The van der Waals surface area contributed by atoms with Gasteiger partial charge in [-0.15, -0.1) is 11.3 Å². The van der Waals surface area contributed by atoms with E-state index in [2.05, 4.69) is 9.71 Å². The second-order valence-electron chi connectivity index (χ2n) is 5.40. The van der Waals surface area contributed by atoms with Gasteiger partial charge in [0.2, 0.25) is 10.0 Å². The summed E-state index contributed by atoms with van der Waals surface area (Å²) in [6.07, 6.45) is 2.37. The fraction of sp³-hybridized carbons (Fsp3) is 0.357. The molecule has 5 nitrogen and oxygen atoms in total. The molecular formula is C14H15F2N3O2S2. The van der Waals surface area contributed by atoms with Crippen molar-refractivity contribution in [1.82, 2.24) is 9.71 Å². The molecule has 124 valence electrons. The summed E-state index contributed by atoms with van der Waals surface area (Å²) < 4.78 is 53.3. The predicted molar refractivity (Wildman–Crippen MR) is 84.8 cm³/mol. The van der Waals surface area contributed by atoms with Gasteiger partial charge in [-0.2, -0.15) is 0 Å². The first kappa shape index (κ1) is 16.3. The smallest absolute Gasteiger partial charge is 0.216 e. The molecule has 9 heteroatoms. The number of hydrogen-bond donors (Lipinski definition) is 1. The number of sulfonamides is 1. The maximum Gasteiger partial charge on any atom is 0.216 e. The van der Waals surface area contributed by atoms with Gasteiger partial charge in [0.05, 0.1) is 5.75 Å². The van der Waals surface area contributed by atoms with Crippen molar-refractivity contribution in [3.05, 3.63) is 47.0 Å². The first-order valence-electron chi connectivity index (χ1n) is 7.01. The van der Waals surface area contributed by atoms with Crippen LogP contribution in [-0.4, -0.2) is 32.5 Å². The minimum absolute atomic E-state index is 0.0878. The maximum atomic E-state index is 13.1. The van der Waals surface area contributed by atoms with Gasteiger partial charge in [-0.3, -0.25) is 0 Å². The molecule has 1 aromatic carbocycles. The lowest BCUT2D eigenvalue weighted by Gasteiger charge is -2.16. The number of benzene rings is 1. The summed E-state index contributed by atoms with van der Waals surface area (Å²) in [5.74, 6) is -2.02. The third kappa shape index (κ3) is 4.24. The highest BCUT2D eigenvalue weighted by atomic mass is 32.2. The molecular weight excluding hydrogens is 344 g/mol. The van der Waals surface area contributed by atoms with Crippen LogP contribution in [0.5, 0.6) is 0 Å². The number of nitrogens with one attached hydrogen (secondary N) is 1. The summed E-state index contributed by atoms with van der Waals surface area (Å²) in [5.41, 5.74) is 0.0878. The summed E-state index contributed by atoms with van der Waals surface area (Å²) in [6.45, 7) is 1.25. The van der Waals surface area contributed by atoms with E-state index >= 15 is 0 Å². The number of rotatable bonds is 5. The lowest BCUT2D eigenvalue weighted by molar-refractivity contribution is 0.559. The molecule has 0 radical (unpaired) electrons. The second-order valence-corrected chi connectivity index (χ2v) is 8.03. The number of thiazole rings is 1. The molecule has 1 aliphatic rings. The second kappa shape index (κ2) is 6.50. The molecule has 3 rings (SSSR count). The highest BCUT2D eigenvalue weighted by Crippen LogP contribution is 2.23. The average Bonchev–Trinajstić information content (AvgIpc) is 3.06. The Kier molecular flexibility index (Phi) is 4.60. The predicted octanol–water partition coefficient (Wildman–Crippen LogP) is 2.12. The van der Waals surface area contributed by atoms with Crippen LogP contribution in [0.25, 0.3) is 0 Å². The molecule has 1 aliphatic heterocycles. The van der Waals surface area contributed by atoms with E-state index in [1.165, 1.54) is 11.3 Å².